The predicted octanol–water partition coefficient (Wildman–Crippen LogP) is 3.34. The fourth-order valence-electron chi connectivity index (χ4n) is 2.26. The van der Waals surface area contributed by atoms with Gasteiger partial charge in [-0.1, -0.05) is 42.8 Å². The molecule has 1 aliphatic rings. The van der Waals surface area contributed by atoms with E-state index in [0.29, 0.717) is 5.15 Å². The Morgan fingerprint density at radius 2 is 2.06 bits per heavy atom. The van der Waals surface area contributed by atoms with Gasteiger partial charge in [-0.05, 0) is 17.4 Å². The number of rotatable bonds is 1. The topological polar surface area (TPSA) is 16.1 Å². The second kappa shape index (κ2) is 3.63. The zero-order valence-corrected chi connectivity index (χ0v) is 9.91. The van der Waals surface area contributed by atoms with Crippen molar-refractivity contribution < 1.29 is 0 Å². The van der Waals surface area contributed by atoms with Crippen molar-refractivity contribution in [2.24, 2.45) is 5.92 Å². The van der Waals surface area contributed by atoms with Crippen molar-refractivity contribution in [2.75, 3.05) is 18.0 Å². The fraction of sp³-hybridized carbons (Fsp3) is 0.308. The third kappa shape index (κ3) is 1.54. The van der Waals surface area contributed by atoms with E-state index in [9.17, 15) is 0 Å². The van der Waals surface area contributed by atoms with Crippen LogP contribution in [0.4, 0.5) is 5.82 Å². The minimum atomic E-state index is 0.577. The highest BCUT2D eigenvalue weighted by atomic mass is 35.5. The van der Waals surface area contributed by atoms with E-state index in [1.807, 2.05) is 18.2 Å². The summed E-state index contributed by atoms with van der Waals surface area (Å²) in [4.78, 5) is 6.74. The Bertz CT molecular complexity index is 532. The number of fused-ring (bicyclic) bond motifs is 1. The summed E-state index contributed by atoms with van der Waals surface area (Å²) < 4.78 is 0. The molecule has 0 saturated carbocycles. The molecule has 0 radical (unpaired) electrons. The van der Waals surface area contributed by atoms with Crippen LogP contribution in [0, 0.1) is 5.92 Å². The van der Waals surface area contributed by atoms with Crippen LogP contribution in [0.3, 0.4) is 0 Å². The first-order chi connectivity index (χ1) is 7.74. The van der Waals surface area contributed by atoms with Crippen LogP contribution in [0.1, 0.15) is 6.92 Å². The Kier molecular flexibility index (Phi) is 2.25. The highest BCUT2D eigenvalue weighted by molar-refractivity contribution is 6.30. The molecule has 16 heavy (non-hydrogen) atoms. The van der Waals surface area contributed by atoms with Crippen molar-refractivity contribution in [1.82, 2.24) is 4.98 Å². The molecule has 0 spiro atoms. The summed E-state index contributed by atoms with van der Waals surface area (Å²) >= 11 is 6.05. The van der Waals surface area contributed by atoms with E-state index in [4.69, 9.17) is 11.6 Å². The SMILES string of the molecule is CC1CN(c2nc(Cl)cc3ccccc23)C1. The van der Waals surface area contributed by atoms with Crippen LogP contribution < -0.4 is 4.90 Å². The van der Waals surface area contributed by atoms with Crippen LogP contribution in [-0.4, -0.2) is 18.1 Å². The molecule has 2 nitrogen and oxygen atoms in total. The lowest BCUT2D eigenvalue weighted by molar-refractivity contribution is 0.445. The van der Waals surface area contributed by atoms with E-state index in [0.717, 1.165) is 30.2 Å². The molecule has 1 aromatic carbocycles. The van der Waals surface area contributed by atoms with Crippen molar-refractivity contribution in [3.05, 3.63) is 35.5 Å². The van der Waals surface area contributed by atoms with Gasteiger partial charge in [-0.2, -0.15) is 0 Å². The van der Waals surface area contributed by atoms with Crippen molar-refractivity contribution in [2.45, 2.75) is 6.92 Å². The summed E-state index contributed by atoms with van der Waals surface area (Å²) in [5.41, 5.74) is 0. The van der Waals surface area contributed by atoms with Crippen molar-refractivity contribution >= 4 is 28.2 Å². The van der Waals surface area contributed by atoms with Crippen molar-refractivity contribution in [3.63, 3.8) is 0 Å². The maximum atomic E-state index is 6.05. The van der Waals surface area contributed by atoms with E-state index in [-0.39, 0.29) is 0 Å². The Labute approximate surface area is 99.8 Å². The zero-order chi connectivity index (χ0) is 11.1. The summed E-state index contributed by atoms with van der Waals surface area (Å²) in [5.74, 6) is 1.79. The number of hydrogen-bond acceptors (Lipinski definition) is 2. The maximum absolute atomic E-state index is 6.05. The smallest absolute Gasteiger partial charge is 0.138 e. The number of nitrogens with zero attached hydrogens (tertiary/aromatic N) is 2. The highest BCUT2D eigenvalue weighted by Crippen LogP contribution is 2.31. The summed E-state index contributed by atoms with van der Waals surface area (Å²) in [5, 5.41) is 2.93. The second-order valence-corrected chi connectivity index (χ2v) is 4.89. The van der Waals surface area contributed by atoms with Gasteiger partial charge in [0, 0.05) is 18.5 Å². The van der Waals surface area contributed by atoms with Gasteiger partial charge in [0.25, 0.3) is 0 Å². The first kappa shape index (κ1) is 9.91. The minimum absolute atomic E-state index is 0.577. The third-order valence-corrected chi connectivity index (χ3v) is 3.25. The molecule has 0 N–H and O–H groups in total. The molecule has 3 heteroatoms. The van der Waals surface area contributed by atoms with Gasteiger partial charge in [0.15, 0.2) is 0 Å². The van der Waals surface area contributed by atoms with Crippen molar-refractivity contribution in [1.29, 1.82) is 0 Å². The molecule has 2 aromatic rings. The number of hydrogen-bond donors (Lipinski definition) is 0. The van der Waals surface area contributed by atoms with Gasteiger partial charge < -0.3 is 4.90 Å². The molecule has 3 rings (SSSR count). The van der Waals surface area contributed by atoms with Crippen LogP contribution in [0.5, 0.6) is 0 Å². The zero-order valence-electron chi connectivity index (χ0n) is 9.15. The number of pyridine rings is 1. The standard InChI is InChI=1S/C13H13ClN2/c1-9-7-16(8-9)13-11-5-3-2-4-10(11)6-12(14)15-13/h2-6,9H,7-8H2,1H3. The summed E-state index contributed by atoms with van der Waals surface area (Å²) in [6.45, 7) is 4.41. The lowest BCUT2D eigenvalue weighted by Gasteiger charge is -2.38. The quantitative estimate of drug-likeness (QED) is 0.701. The molecule has 1 aromatic heterocycles. The Morgan fingerprint density at radius 1 is 1.31 bits per heavy atom. The van der Waals surface area contributed by atoms with Gasteiger partial charge in [-0.15, -0.1) is 0 Å². The van der Waals surface area contributed by atoms with Gasteiger partial charge in [0.1, 0.15) is 11.0 Å². The molecular formula is C13H13ClN2. The molecule has 1 fully saturated rings. The molecule has 0 bridgehead atoms. The average molecular weight is 233 g/mol. The first-order valence-corrected chi connectivity index (χ1v) is 5.92. The summed E-state index contributed by atoms with van der Waals surface area (Å²) in [7, 11) is 0. The molecule has 0 atom stereocenters. The van der Waals surface area contributed by atoms with Crippen LogP contribution >= 0.6 is 11.6 Å². The van der Waals surface area contributed by atoms with Gasteiger partial charge >= 0.3 is 0 Å². The normalized spacial score (nSPS) is 16.5. The molecule has 1 saturated heterocycles. The van der Waals surface area contributed by atoms with E-state index < -0.39 is 0 Å². The lowest BCUT2D eigenvalue weighted by Crippen LogP contribution is -2.45. The largest absolute Gasteiger partial charge is 0.355 e. The van der Waals surface area contributed by atoms with Crippen LogP contribution in [0.25, 0.3) is 10.8 Å². The molecule has 2 heterocycles. The van der Waals surface area contributed by atoms with Gasteiger partial charge in [0.2, 0.25) is 0 Å². The lowest BCUT2D eigenvalue weighted by atomic mass is 10.0. The van der Waals surface area contributed by atoms with E-state index in [1.54, 1.807) is 0 Å². The van der Waals surface area contributed by atoms with Gasteiger partial charge in [-0.3, -0.25) is 0 Å². The van der Waals surface area contributed by atoms with E-state index in [2.05, 4.69) is 28.9 Å². The summed E-state index contributed by atoms with van der Waals surface area (Å²) in [6.07, 6.45) is 0. The van der Waals surface area contributed by atoms with Gasteiger partial charge in [-0.25, -0.2) is 4.98 Å². The fourth-order valence-corrected chi connectivity index (χ4v) is 2.46. The number of anilines is 1. The predicted molar refractivity (Wildman–Crippen MR) is 68.1 cm³/mol. The van der Waals surface area contributed by atoms with Crippen LogP contribution in [-0.2, 0) is 0 Å². The van der Waals surface area contributed by atoms with Crippen LogP contribution in [0.2, 0.25) is 5.15 Å². The number of halogens is 1. The molecule has 0 aliphatic carbocycles. The van der Waals surface area contributed by atoms with Crippen molar-refractivity contribution in [3.8, 4) is 0 Å². The Morgan fingerprint density at radius 3 is 2.81 bits per heavy atom. The van der Waals surface area contributed by atoms with E-state index in [1.165, 1.54) is 5.39 Å². The third-order valence-electron chi connectivity index (χ3n) is 3.05. The highest BCUT2D eigenvalue weighted by Gasteiger charge is 2.25. The molecule has 1 aliphatic heterocycles. The maximum Gasteiger partial charge on any atom is 0.138 e. The summed E-state index contributed by atoms with van der Waals surface area (Å²) in [6, 6.07) is 10.2. The molecule has 0 amide bonds. The van der Waals surface area contributed by atoms with Gasteiger partial charge in [0.05, 0.1) is 0 Å². The molecule has 82 valence electrons. The molecule has 0 unspecified atom stereocenters. The Hall–Kier alpha value is -1.28. The minimum Gasteiger partial charge on any atom is -0.355 e. The van der Waals surface area contributed by atoms with E-state index >= 15 is 0 Å². The molecular weight excluding hydrogens is 220 g/mol. The Balaban J connectivity index is 2.15. The number of benzene rings is 1. The second-order valence-electron chi connectivity index (χ2n) is 4.50. The first-order valence-electron chi connectivity index (χ1n) is 5.54. The number of aromatic nitrogens is 1. The average Bonchev–Trinajstić information content (AvgIpc) is 2.24. The monoisotopic (exact) mass is 232 g/mol. The van der Waals surface area contributed by atoms with Crippen LogP contribution in [0.15, 0.2) is 30.3 Å².